The lowest BCUT2D eigenvalue weighted by Gasteiger charge is -2.19. The van der Waals surface area contributed by atoms with Crippen LogP contribution in [0.5, 0.6) is 0 Å². The highest BCUT2D eigenvalue weighted by Gasteiger charge is 2.27. The quantitative estimate of drug-likeness (QED) is 0.247. The first-order valence-corrected chi connectivity index (χ1v) is 13.0. The van der Waals surface area contributed by atoms with Gasteiger partial charge in [0.25, 0.3) is 17.7 Å². The first kappa shape index (κ1) is 35.6. The molecule has 13 heteroatoms. The van der Waals surface area contributed by atoms with Crippen molar-refractivity contribution in [1.29, 1.82) is 0 Å². The van der Waals surface area contributed by atoms with Crippen molar-refractivity contribution >= 4 is 45.3 Å². The maximum Gasteiger partial charge on any atom is 0.309 e. The molecule has 0 spiro atoms. The Bertz CT molecular complexity index is 1390. The normalized spacial score (nSPS) is 10.2. The van der Waals surface area contributed by atoms with Gasteiger partial charge in [-0.15, -0.1) is 0 Å². The Kier molecular flexibility index (Phi) is 13.7. The predicted molar refractivity (Wildman–Crippen MR) is 157 cm³/mol. The fourth-order valence-electron chi connectivity index (χ4n) is 3.23. The number of carbonyl (C=O) groups excluding carboxylic acids is 3. The number of hydrogen-bond acceptors (Lipinski definition) is 5. The summed E-state index contributed by atoms with van der Waals surface area (Å²) in [4.78, 5) is 44.2. The van der Waals surface area contributed by atoms with Crippen molar-refractivity contribution in [3.8, 4) is 0 Å². The molecule has 3 aromatic rings. The Morgan fingerprint density at radius 1 is 0.738 bits per heavy atom. The number of carboxylic acids is 1. The van der Waals surface area contributed by atoms with Crippen LogP contribution in [-0.2, 0) is 11.2 Å². The minimum atomic E-state index is -0.971. The van der Waals surface area contributed by atoms with Crippen LogP contribution >= 0.6 is 15.9 Å². The van der Waals surface area contributed by atoms with E-state index in [0.29, 0.717) is 15.7 Å². The maximum absolute atomic E-state index is 13.7. The fraction of sp³-hybridized carbons (Fsp3) is 0.241. The van der Waals surface area contributed by atoms with E-state index in [0.717, 1.165) is 6.07 Å². The summed E-state index contributed by atoms with van der Waals surface area (Å²) >= 11 is 3.10. The Morgan fingerprint density at radius 3 is 1.52 bits per heavy atom. The van der Waals surface area contributed by atoms with Crippen LogP contribution in [0.1, 0.15) is 50.5 Å². The van der Waals surface area contributed by atoms with Gasteiger partial charge in [0.15, 0.2) is 0 Å². The van der Waals surface area contributed by atoms with Crippen molar-refractivity contribution in [3.05, 3.63) is 98.8 Å². The van der Waals surface area contributed by atoms with Crippen LogP contribution in [0.3, 0.4) is 0 Å². The average molecular weight is 653 g/mol. The van der Waals surface area contributed by atoms with Crippen LogP contribution in [0.15, 0.2) is 59.1 Å². The molecule has 3 aromatic carbocycles. The first-order valence-electron chi connectivity index (χ1n) is 12.3. The van der Waals surface area contributed by atoms with Crippen LogP contribution < -0.4 is 21.7 Å². The molecule has 0 saturated carbocycles. The largest absolute Gasteiger partial charge is 0.481 e. The molecule has 0 radical (unpaired) electrons. The zero-order valence-electron chi connectivity index (χ0n) is 23.6. The molecule has 0 heterocycles. The molecular formula is C29H32BrF3N4O5. The van der Waals surface area contributed by atoms with Gasteiger partial charge in [-0.2, -0.15) is 0 Å². The second kappa shape index (κ2) is 16.2. The summed E-state index contributed by atoms with van der Waals surface area (Å²) in [5.41, 5.74) is 5.20. The van der Waals surface area contributed by atoms with Gasteiger partial charge in [-0.25, -0.2) is 13.2 Å². The van der Waals surface area contributed by atoms with E-state index in [-0.39, 0.29) is 23.1 Å². The Hall–Kier alpha value is -4.39. The smallest absolute Gasteiger partial charge is 0.309 e. The van der Waals surface area contributed by atoms with E-state index < -0.39 is 46.6 Å². The molecule has 9 nitrogen and oxygen atoms in total. The van der Waals surface area contributed by atoms with Gasteiger partial charge >= 0.3 is 5.97 Å². The molecule has 0 atom stereocenters. The number of aliphatic carboxylic acids is 1. The third kappa shape index (κ3) is 10.5. The molecule has 0 aliphatic carbocycles. The van der Waals surface area contributed by atoms with Crippen LogP contribution in [-0.4, -0.2) is 49.9 Å². The van der Waals surface area contributed by atoms with Crippen molar-refractivity contribution in [2.24, 2.45) is 5.41 Å². The summed E-state index contributed by atoms with van der Waals surface area (Å²) in [6, 6.07) is 12.4. The third-order valence-electron chi connectivity index (χ3n) is 5.60. The number of carboxylic acid groups (broad SMARTS) is 1. The Balaban J connectivity index is 0.000000325. The van der Waals surface area contributed by atoms with Crippen molar-refractivity contribution in [2.75, 3.05) is 26.9 Å². The molecule has 6 N–H and O–H groups in total. The molecule has 42 heavy (non-hydrogen) atoms. The van der Waals surface area contributed by atoms with E-state index in [1.165, 1.54) is 57.5 Å². The molecule has 0 fully saturated rings. The summed E-state index contributed by atoms with van der Waals surface area (Å²) in [6.07, 6.45) is 0.202. The predicted octanol–water partition coefficient (Wildman–Crippen LogP) is 4.55. The SMILES string of the molecule is CNC(=O)c1ccc(Br)cc1F.CNC(=O)c1ccc(CC(C)(C)C(=O)O)cc1F.CNC(=O)c1ccc(N)cc1F. The minimum absolute atomic E-state index is 0.00620. The highest BCUT2D eigenvalue weighted by Crippen LogP contribution is 2.23. The van der Waals surface area contributed by atoms with Gasteiger partial charge in [0.1, 0.15) is 17.5 Å². The van der Waals surface area contributed by atoms with E-state index in [4.69, 9.17) is 10.8 Å². The summed E-state index contributed by atoms with van der Waals surface area (Å²) in [7, 11) is 4.32. The zero-order chi connectivity index (χ0) is 32.2. The number of nitrogens with one attached hydrogen (secondary N) is 3. The third-order valence-corrected chi connectivity index (χ3v) is 6.09. The molecule has 0 aliphatic heterocycles. The number of anilines is 1. The highest BCUT2D eigenvalue weighted by atomic mass is 79.9. The molecule has 3 amide bonds. The van der Waals surface area contributed by atoms with E-state index >= 15 is 0 Å². The van der Waals surface area contributed by atoms with Crippen molar-refractivity contribution in [1.82, 2.24) is 16.0 Å². The number of carbonyl (C=O) groups is 4. The fourth-order valence-corrected chi connectivity index (χ4v) is 3.56. The number of amides is 3. The van der Waals surface area contributed by atoms with Gasteiger partial charge < -0.3 is 26.8 Å². The van der Waals surface area contributed by atoms with Gasteiger partial charge in [0.2, 0.25) is 0 Å². The molecule has 0 aromatic heterocycles. The van der Waals surface area contributed by atoms with E-state index in [1.54, 1.807) is 26.0 Å². The van der Waals surface area contributed by atoms with Crippen LogP contribution in [0, 0.1) is 22.9 Å². The summed E-state index contributed by atoms with van der Waals surface area (Å²) < 4.78 is 40.2. The topological polar surface area (TPSA) is 151 Å². The molecular weight excluding hydrogens is 621 g/mol. The van der Waals surface area contributed by atoms with Crippen molar-refractivity contribution < 1.29 is 37.5 Å². The lowest BCUT2D eigenvalue weighted by atomic mass is 9.85. The van der Waals surface area contributed by atoms with Gasteiger partial charge in [-0.1, -0.05) is 22.0 Å². The molecule has 0 aliphatic rings. The van der Waals surface area contributed by atoms with Crippen LogP contribution in [0.2, 0.25) is 0 Å². The van der Waals surface area contributed by atoms with Crippen LogP contribution in [0.4, 0.5) is 18.9 Å². The standard InChI is InChI=1S/C13H16FNO3.C8H7BrFNO.C8H9FN2O/c1-13(2,12(17)18)7-8-4-5-9(10(14)6-8)11(16)15-3;1-11-8(12)6-3-2-5(9)4-7(6)10;1-11-8(12)6-3-2-5(10)4-7(6)9/h4-6H,7H2,1-3H3,(H,15,16)(H,17,18);2-4H,1H3,(H,11,12);2-4H,10H2,1H3,(H,11,12). The van der Waals surface area contributed by atoms with E-state index in [2.05, 4.69) is 31.9 Å². The van der Waals surface area contributed by atoms with Gasteiger partial charge in [0, 0.05) is 31.3 Å². The van der Waals surface area contributed by atoms with E-state index in [9.17, 15) is 32.3 Å². The molecule has 0 saturated heterocycles. The number of nitrogen functional groups attached to an aromatic ring is 1. The number of benzene rings is 3. The van der Waals surface area contributed by atoms with Gasteiger partial charge in [-0.05, 0) is 74.4 Å². The minimum Gasteiger partial charge on any atom is -0.481 e. The lowest BCUT2D eigenvalue weighted by Crippen LogP contribution is -2.26. The number of hydrogen-bond donors (Lipinski definition) is 5. The van der Waals surface area contributed by atoms with Gasteiger partial charge in [-0.3, -0.25) is 19.2 Å². The molecule has 3 rings (SSSR count). The summed E-state index contributed by atoms with van der Waals surface area (Å²) in [6.45, 7) is 3.14. The number of nitrogens with two attached hydrogens (primary N) is 1. The molecule has 0 bridgehead atoms. The van der Waals surface area contributed by atoms with Crippen molar-refractivity contribution in [3.63, 3.8) is 0 Å². The van der Waals surface area contributed by atoms with Crippen molar-refractivity contribution in [2.45, 2.75) is 20.3 Å². The highest BCUT2D eigenvalue weighted by molar-refractivity contribution is 9.10. The maximum atomic E-state index is 13.7. The number of rotatable bonds is 6. The zero-order valence-corrected chi connectivity index (χ0v) is 25.2. The summed E-state index contributed by atoms with van der Waals surface area (Å²) in [5.74, 6) is -4.09. The lowest BCUT2D eigenvalue weighted by molar-refractivity contribution is -0.146. The Morgan fingerprint density at radius 2 is 1.14 bits per heavy atom. The number of halogens is 4. The van der Waals surface area contributed by atoms with E-state index in [1.807, 2.05) is 0 Å². The summed E-state index contributed by atoms with van der Waals surface area (Å²) in [5, 5.41) is 16.0. The van der Waals surface area contributed by atoms with Gasteiger partial charge in [0.05, 0.1) is 22.1 Å². The average Bonchev–Trinajstić information content (AvgIpc) is 2.92. The first-order chi connectivity index (χ1) is 19.6. The Labute approximate surface area is 249 Å². The molecule has 226 valence electrons. The second-order valence-electron chi connectivity index (χ2n) is 9.28. The monoisotopic (exact) mass is 652 g/mol. The second-order valence-corrected chi connectivity index (χ2v) is 10.2. The molecule has 0 unspecified atom stereocenters. The van der Waals surface area contributed by atoms with Crippen LogP contribution in [0.25, 0.3) is 0 Å².